The van der Waals surface area contributed by atoms with Crippen molar-refractivity contribution >= 4 is 0 Å². The predicted octanol–water partition coefficient (Wildman–Crippen LogP) is 3.19. The van der Waals surface area contributed by atoms with Gasteiger partial charge in [-0.25, -0.2) is 4.39 Å². The third-order valence-corrected chi connectivity index (χ3v) is 2.40. The fraction of sp³-hybridized carbons (Fsp3) is 0.385. The van der Waals surface area contributed by atoms with E-state index in [9.17, 15) is 4.39 Å². The van der Waals surface area contributed by atoms with Crippen LogP contribution in [-0.2, 0) is 6.54 Å². The summed E-state index contributed by atoms with van der Waals surface area (Å²) in [5.74, 6) is -0.141. The first-order valence-electron chi connectivity index (χ1n) is 5.22. The molecule has 0 saturated carbocycles. The Balaban J connectivity index is 2.50. The first kappa shape index (κ1) is 11.9. The number of nitrogens with one attached hydrogen (secondary N) is 1. The van der Waals surface area contributed by atoms with Crippen molar-refractivity contribution in [1.82, 2.24) is 5.32 Å². The Kier molecular flexibility index (Phi) is 4.50. The summed E-state index contributed by atoms with van der Waals surface area (Å²) < 4.78 is 13.0. The molecule has 0 aliphatic heterocycles. The second kappa shape index (κ2) is 5.66. The van der Waals surface area contributed by atoms with Crippen molar-refractivity contribution in [2.75, 3.05) is 0 Å². The first-order valence-corrected chi connectivity index (χ1v) is 5.22. The molecule has 0 heterocycles. The van der Waals surface area contributed by atoms with E-state index in [0.717, 1.165) is 18.5 Å². The van der Waals surface area contributed by atoms with E-state index in [1.165, 1.54) is 6.07 Å². The average molecular weight is 207 g/mol. The van der Waals surface area contributed by atoms with Crippen LogP contribution in [0, 0.1) is 12.7 Å². The lowest BCUT2D eigenvalue weighted by Crippen LogP contribution is -2.24. The van der Waals surface area contributed by atoms with Gasteiger partial charge in [0, 0.05) is 12.6 Å². The van der Waals surface area contributed by atoms with Crippen molar-refractivity contribution in [3.8, 4) is 0 Å². The molecule has 1 aromatic carbocycles. The van der Waals surface area contributed by atoms with Crippen molar-refractivity contribution in [3.63, 3.8) is 0 Å². The summed E-state index contributed by atoms with van der Waals surface area (Å²) in [6.45, 7) is 8.36. The highest BCUT2D eigenvalue weighted by Crippen LogP contribution is 2.09. The van der Waals surface area contributed by atoms with Gasteiger partial charge < -0.3 is 5.32 Å². The SMILES string of the molecule is C=CCC(C)NCc1ccc(F)c(C)c1. The highest BCUT2D eigenvalue weighted by Gasteiger charge is 2.01. The van der Waals surface area contributed by atoms with E-state index in [4.69, 9.17) is 0 Å². The van der Waals surface area contributed by atoms with Crippen molar-refractivity contribution in [2.45, 2.75) is 32.9 Å². The van der Waals surface area contributed by atoms with Gasteiger partial charge in [0.05, 0.1) is 0 Å². The number of hydrogen-bond acceptors (Lipinski definition) is 1. The first-order chi connectivity index (χ1) is 7.13. The number of rotatable bonds is 5. The molecule has 1 atom stereocenters. The summed E-state index contributed by atoms with van der Waals surface area (Å²) in [6, 6.07) is 5.62. The second-order valence-electron chi connectivity index (χ2n) is 3.89. The smallest absolute Gasteiger partial charge is 0.126 e. The summed E-state index contributed by atoms with van der Waals surface area (Å²) in [5.41, 5.74) is 1.82. The van der Waals surface area contributed by atoms with Gasteiger partial charge in [-0.3, -0.25) is 0 Å². The van der Waals surface area contributed by atoms with Gasteiger partial charge >= 0.3 is 0 Å². The zero-order chi connectivity index (χ0) is 11.3. The molecule has 15 heavy (non-hydrogen) atoms. The Bertz CT molecular complexity index is 333. The fourth-order valence-electron chi connectivity index (χ4n) is 1.44. The molecular formula is C13H18FN. The molecule has 2 heteroatoms. The molecule has 0 spiro atoms. The van der Waals surface area contributed by atoms with Gasteiger partial charge in [-0.05, 0) is 37.5 Å². The van der Waals surface area contributed by atoms with E-state index in [-0.39, 0.29) is 5.82 Å². The van der Waals surface area contributed by atoms with E-state index < -0.39 is 0 Å². The van der Waals surface area contributed by atoms with Crippen molar-refractivity contribution in [3.05, 3.63) is 47.8 Å². The van der Waals surface area contributed by atoms with Crippen LogP contribution >= 0.6 is 0 Å². The Morgan fingerprint density at radius 2 is 2.27 bits per heavy atom. The van der Waals surface area contributed by atoms with Crippen LogP contribution in [0.5, 0.6) is 0 Å². The van der Waals surface area contributed by atoms with E-state index >= 15 is 0 Å². The van der Waals surface area contributed by atoms with Crippen molar-refractivity contribution in [2.24, 2.45) is 0 Å². The van der Waals surface area contributed by atoms with Crippen LogP contribution < -0.4 is 5.32 Å². The largest absolute Gasteiger partial charge is 0.310 e. The maximum atomic E-state index is 13.0. The molecule has 1 unspecified atom stereocenters. The molecule has 0 bridgehead atoms. The van der Waals surface area contributed by atoms with E-state index in [1.807, 2.05) is 18.2 Å². The minimum atomic E-state index is -0.141. The van der Waals surface area contributed by atoms with Crippen LogP contribution in [-0.4, -0.2) is 6.04 Å². The minimum Gasteiger partial charge on any atom is -0.310 e. The quantitative estimate of drug-likeness (QED) is 0.731. The van der Waals surface area contributed by atoms with Gasteiger partial charge in [-0.2, -0.15) is 0 Å². The molecular weight excluding hydrogens is 189 g/mol. The molecule has 0 aliphatic carbocycles. The fourth-order valence-corrected chi connectivity index (χ4v) is 1.44. The second-order valence-corrected chi connectivity index (χ2v) is 3.89. The van der Waals surface area contributed by atoms with Gasteiger partial charge in [0.1, 0.15) is 5.82 Å². The van der Waals surface area contributed by atoms with Crippen LogP contribution in [0.25, 0.3) is 0 Å². The number of aryl methyl sites for hydroxylation is 1. The third kappa shape index (κ3) is 3.84. The molecule has 0 fully saturated rings. The average Bonchev–Trinajstić information content (AvgIpc) is 2.20. The standard InChI is InChI=1S/C13H18FN/c1-4-5-11(3)15-9-12-6-7-13(14)10(2)8-12/h4,6-8,11,15H,1,5,9H2,2-3H3. The van der Waals surface area contributed by atoms with Gasteiger partial charge in [0.2, 0.25) is 0 Å². The van der Waals surface area contributed by atoms with Crippen LogP contribution in [0.2, 0.25) is 0 Å². The maximum Gasteiger partial charge on any atom is 0.126 e. The van der Waals surface area contributed by atoms with Crippen molar-refractivity contribution < 1.29 is 4.39 Å². The highest BCUT2D eigenvalue weighted by molar-refractivity contribution is 5.23. The lowest BCUT2D eigenvalue weighted by molar-refractivity contribution is 0.552. The van der Waals surface area contributed by atoms with Gasteiger partial charge in [0.25, 0.3) is 0 Å². The van der Waals surface area contributed by atoms with Crippen LogP contribution in [0.3, 0.4) is 0 Å². The molecule has 0 aromatic heterocycles. The Morgan fingerprint density at radius 1 is 1.53 bits per heavy atom. The lowest BCUT2D eigenvalue weighted by Gasteiger charge is -2.11. The molecule has 1 rings (SSSR count). The summed E-state index contributed by atoms with van der Waals surface area (Å²) in [5, 5.41) is 3.35. The number of benzene rings is 1. The molecule has 0 saturated heterocycles. The van der Waals surface area contributed by atoms with Gasteiger partial charge in [-0.1, -0.05) is 18.2 Å². The molecule has 1 N–H and O–H groups in total. The summed E-state index contributed by atoms with van der Waals surface area (Å²) in [7, 11) is 0. The molecule has 82 valence electrons. The van der Waals surface area contributed by atoms with Crippen LogP contribution in [0.15, 0.2) is 30.9 Å². The third-order valence-electron chi connectivity index (χ3n) is 2.40. The van der Waals surface area contributed by atoms with E-state index in [0.29, 0.717) is 11.6 Å². The zero-order valence-electron chi connectivity index (χ0n) is 9.39. The molecule has 1 nitrogen and oxygen atoms in total. The Morgan fingerprint density at radius 3 is 2.87 bits per heavy atom. The molecule has 0 radical (unpaired) electrons. The number of halogens is 1. The predicted molar refractivity (Wildman–Crippen MR) is 62.3 cm³/mol. The Hall–Kier alpha value is -1.15. The zero-order valence-corrected chi connectivity index (χ0v) is 9.39. The molecule has 1 aromatic rings. The minimum absolute atomic E-state index is 0.141. The van der Waals surface area contributed by atoms with Crippen LogP contribution in [0.4, 0.5) is 4.39 Å². The normalized spacial score (nSPS) is 12.5. The van der Waals surface area contributed by atoms with Crippen molar-refractivity contribution in [1.29, 1.82) is 0 Å². The van der Waals surface area contributed by atoms with E-state index in [2.05, 4.69) is 18.8 Å². The summed E-state index contributed by atoms with van der Waals surface area (Å²) >= 11 is 0. The molecule has 0 amide bonds. The van der Waals surface area contributed by atoms with Gasteiger partial charge in [0.15, 0.2) is 0 Å². The monoisotopic (exact) mass is 207 g/mol. The summed E-state index contributed by atoms with van der Waals surface area (Å²) in [4.78, 5) is 0. The van der Waals surface area contributed by atoms with Crippen LogP contribution in [0.1, 0.15) is 24.5 Å². The van der Waals surface area contributed by atoms with Gasteiger partial charge in [-0.15, -0.1) is 6.58 Å². The maximum absolute atomic E-state index is 13.0. The van der Waals surface area contributed by atoms with E-state index in [1.54, 1.807) is 6.92 Å². The topological polar surface area (TPSA) is 12.0 Å². The molecule has 0 aliphatic rings. The highest BCUT2D eigenvalue weighted by atomic mass is 19.1. The summed E-state index contributed by atoms with van der Waals surface area (Å²) in [6.07, 6.45) is 2.84. The number of hydrogen-bond donors (Lipinski definition) is 1. The lowest BCUT2D eigenvalue weighted by atomic mass is 10.1. The Labute approximate surface area is 91.0 Å².